The fourth-order valence-electron chi connectivity index (χ4n) is 2.35. The first-order chi connectivity index (χ1) is 10.7. The lowest BCUT2D eigenvalue weighted by molar-refractivity contribution is 0.122. The SMILES string of the molecule is CN=C(NCc1ccc(N2CCOCC2)cc1)NCC(C)C. The fourth-order valence-corrected chi connectivity index (χ4v) is 2.35. The summed E-state index contributed by atoms with van der Waals surface area (Å²) in [6.45, 7) is 9.67. The molecule has 1 heterocycles. The van der Waals surface area contributed by atoms with Crippen molar-refractivity contribution in [2.24, 2.45) is 10.9 Å². The molecule has 1 aromatic carbocycles. The number of ether oxygens (including phenoxy) is 1. The first-order valence-corrected chi connectivity index (χ1v) is 8.05. The van der Waals surface area contributed by atoms with Crippen LogP contribution in [0.25, 0.3) is 0 Å². The van der Waals surface area contributed by atoms with E-state index in [1.165, 1.54) is 11.3 Å². The van der Waals surface area contributed by atoms with E-state index in [1.54, 1.807) is 7.05 Å². The van der Waals surface area contributed by atoms with Gasteiger partial charge in [-0.05, 0) is 23.6 Å². The maximum absolute atomic E-state index is 5.39. The lowest BCUT2D eigenvalue weighted by Gasteiger charge is -2.29. The Morgan fingerprint density at radius 1 is 1.18 bits per heavy atom. The third-order valence-corrected chi connectivity index (χ3v) is 3.67. The molecule has 5 heteroatoms. The van der Waals surface area contributed by atoms with Gasteiger partial charge in [0.25, 0.3) is 0 Å². The monoisotopic (exact) mass is 304 g/mol. The van der Waals surface area contributed by atoms with E-state index in [2.05, 4.69) is 58.6 Å². The number of aliphatic imine (C=N–C) groups is 1. The van der Waals surface area contributed by atoms with Gasteiger partial charge in [0.05, 0.1) is 13.2 Å². The average molecular weight is 304 g/mol. The molecule has 1 aliphatic rings. The Morgan fingerprint density at radius 3 is 2.45 bits per heavy atom. The predicted molar refractivity (Wildman–Crippen MR) is 92.5 cm³/mol. The van der Waals surface area contributed by atoms with Crippen LogP contribution in [0.2, 0.25) is 0 Å². The number of anilines is 1. The zero-order valence-electron chi connectivity index (χ0n) is 13.9. The molecule has 0 amide bonds. The molecule has 0 saturated carbocycles. The number of rotatable bonds is 5. The molecular weight excluding hydrogens is 276 g/mol. The molecule has 1 saturated heterocycles. The highest BCUT2D eigenvalue weighted by Gasteiger charge is 2.10. The van der Waals surface area contributed by atoms with Gasteiger partial charge in [0.15, 0.2) is 5.96 Å². The van der Waals surface area contributed by atoms with Crippen LogP contribution in [0, 0.1) is 5.92 Å². The van der Waals surface area contributed by atoms with Gasteiger partial charge in [0, 0.05) is 38.9 Å². The molecular formula is C17H28N4O. The molecule has 1 aliphatic heterocycles. The van der Waals surface area contributed by atoms with Gasteiger partial charge >= 0.3 is 0 Å². The summed E-state index contributed by atoms with van der Waals surface area (Å²) in [5, 5.41) is 6.66. The van der Waals surface area contributed by atoms with Crippen LogP contribution in [0.3, 0.4) is 0 Å². The van der Waals surface area contributed by atoms with Crippen LogP contribution in [0.15, 0.2) is 29.3 Å². The summed E-state index contributed by atoms with van der Waals surface area (Å²) in [4.78, 5) is 6.60. The second-order valence-electron chi connectivity index (χ2n) is 5.97. The van der Waals surface area contributed by atoms with Crippen LogP contribution >= 0.6 is 0 Å². The van der Waals surface area contributed by atoms with E-state index in [-0.39, 0.29) is 0 Å². The molecule has 5 nitrogen and oxygen atoms in total. The van der Waals surface area contributed by atoms with Gasteiger partial charge in [-0.2, -0.15) is 0 Å². The topological polar surface area (TPSA) is 48.9 Å². The Morgan fingerprint density at radius 2 is 1.86 bits per heavy atom. The van der Waals surface area contributed by atoms with Crippen molar-refractivity contribution in [2.45, 2.75) is 20.4 Å². The summed E-state index contributed by atoms with van der Waals surface area (Å²) in [5.41, 5.74) is 2.53. The Balaban J connectivity index is 1.82. The van der Waals surface area contributed by atoms with E-state index in [0.717, 1.165) is 45.4 Å². The van der Waals surface area contributed by atoms with Gasteiger partial charge in [-0.15, -0.1) is 0 Å². The molecule has 122 valence electrons. The van der Waals surface area contributed by atoms with Gasteiger partial charge in [0.1, 0.15) is 0 Å². The van der Waals surface area contributed by atoms with Crippen LogP contribution in [0.5, 0.6) is 0 Å². The van der Waals surface area contributed by atoms with Gasteiger partial charge in [-0.1, -0.05) is 26.0 Å². The third-order valence-electron chi connectivity index (χ3n) is 3.67. The predicted octanol–water partition coefficient (Wildman–Crippen LogP) is 1.84. The lowest BCUT2D eigenvalue weighted by atomic mass is 10.2. The van der Waals surface area contributed by atoms with E-state index in [0.29, 0.717) is 5.92 Å². The summed E-state index contributed by atoms with van der Waals surface area (Å²) >= 11 is 0. The highest BCUT2D eigenvalue weighted by atomic mass is 16.5. The molecule has 1 fully saturated rings. The molecule has 2 N–H and O–H groups in total. The highest BCUT2D eigenvalue weighted by Crippen LogP contribution is 2.16. The van der Waals surface area contributed by atoms with Crippen molar-refractivity contribution >= 4 is 11.6 Å². The molecule has 0 spiro atoms. The zero-order valence-corrected chi connectivity index (χ0v) is 13.9. The maximum atomic E-state index is 5.39. The van der Waals surface area contributed by atoms with Crippen molar-refractivity contribution in [3.05, 3.63) is 29.8 Å². The lowest BCUT2D eigenvalue weighted by Crippen LogP contribution is -2.38. The summed E-state index contributed by atoms with van der Waals surface area (Å²) in [6.07, 6.45) is 0. The molecule has 1 aromatic rings. The van der Waals surface area contributed by atoms with Crippen molar-refractivity contribution < 1.29 is 4.74 Å². The minimum atomic E-state index is 0.603. The van der Waals surface area contributed by atoms with Crippen molar-refractivity contribution in [1.29, 1.82) is 0 Å². The van der Waals surface area contributed by atoms with E-state index in [4.69, 9.17) is 4.74 Å². The molecule has 22 heavy (non-hydrogen) atoms. The van der Waals surface area contributed by atoms with E-state index < -0.39 is 0 Å². The molecule has 0 bridgehead atoms. The standard InChI is InChI=1S/C17H28N4O/c1-14(2)12-19-17(18-3)20-13-15-4-6-16(7-5-15)21-8-10-22-11-9-21/h4-7,14H,8-13H2,1-3H3,(H2,18,19,20). The Labute approximate surface area is 133 Å². The summed E-state index contributed by atoms with van der Waals surface area (Å²) in [6, 6.07) is 8.72. The molecule has 0 unspecified atom stereocenters. The minimum absolute atomic E-state index is 0.603. The molecule has 2 rings (SSSR count). The van der Waals surface area contributed by atoms with Crippen molar-refractivity contribution in [2.75, 3.05) is 44.8 Å². The van der Waals surface area contributed by atoms with Gasteiger partial charge < -0.3 is 20.3 Å². The minimum Gasteiger partial charge on any atom is -0.378 e. The van der Waals surface area contributed by atoms with Gasteiger partial charge in [-0.25, -0.2) is 0 Å². The Kier molecular flexibility index (Phi) is 6.52. The van der Waals surface area contributed by atoms with E-state index >= 15 is 0 Å². The van der Waals surface area contributed by atoms with Crippen molar-refractivity contribution in [3.63, 3.8) is 0 Å². The quantitative estimate of drug-likeness (QED) is 0.644. The number of hydrogen-bond donors (Lipinski definition) is 2. The van der Waals surface area contributed by atoms with Crippen LogP contribution < -0.4 is 15.5 Å². The normalized spacial score (nSPS) is 16.0. The first-order valence-electron chi connectivity index (χ1n) is 8.05. The smallest absolute Gasteiger partial charge is 0.191 e. The van der Waals surface area contributed by atoms with Crippen molar-refractivity contribution in [3.8, 4) is 0 Å². The van der Waals surface area contributed by atoms with Crippen LogP contribution in [0.1, 0.15) is 19.4 Å². The second kappa shape index (κ2) is 8.63. The van der Waals surface area contributed by atoms with Crippen LogP contribution in [0.4, 0.5) is 5.69 Å². The summed E-state index contributed by atoms with van der Waals surface area (Å²) < 4.78 is 5.39. The molecule has 0 aliphatic carbocycles. The zero-order chi connectivity index (χ0) is 15.8. The Bertz CT molecular complexity index is 464. The Hall–Kier alpha value is -1.75. The third kappa shape index (κ3) is 5.22. The number of benzene rings is 1. The van der Waals surface area contributed by atoms with E-state index in [9.17, 15) is 0 Å². The highest BCUT2D eigenvalue weighted by molar-refractivity contribution is 5.79. The van der Waals surface area contributed by atoms with Gasteiger partial charge in [-0.3, -0.25) is 4.99 Å². The second-order valence-corrected chi connectivity index (χ2v) is 5.97. The van der Waals surface area contributed by atoms with E-state index in [1.807, 2.05) is 0 Å². The van der Waals surface area contributed by atoms with Crippen LogP contribution in [-0.4, -0.2) is 45.9 Å². The summed E-state index contributed by atoms with van der Waals surface area (Å²) in [7, 11) is 1.80. The number of guanidine groups is 1. The number of morpholine rings is 1. The number of nitrogens with zero attached hydrogens (tertiary/aromatic N) is 2. The maximum Gasteiger partial charge on any atom is 0.191 e. The average Bonchev–Trinajstić information content (AvgIpc) is 2.56. The number of nitrogens with one attached hydrogen (secondary N) is 2. The molecule has 0 atom stereocenters. The molecule has 0 aromatic heterocycles. The molecule has 0 radical (unpaired) electrons. The summed E-state index contributed by atoms with van der Waals surface area (Å²) in [5.74, 6) is 1.46. The largest absolute Gasteiger partial charge is 0.378 e. The fraction of sp³-hybridized carbons (Fsp3) is 0.588. The van der Waals surface area contributed by atoms with Gasteiger partial charge in [0.2, 0.25) is 0 Å². The first kappa shape index (κ1) is 16.6. The van der Waals surface area contributed by atoms with Crippen LogP contribution in [-0.2, 0) is 11.3 Å². The number of hydrogen-bond acceptors (Lipinski definition) is 3. The van der Waals surface area contributed by atoms with Crippen molar-refractivity contribution in [1.82, 2.24) is 10.6 Å².